The van der Waals surface area contributed by atoms with Crippen molar-refractivity contribution in [3.63, 3.8) is 0 Å². The van der Waals surface area contributed by atoms with E-state index in [-0.39, 0.29) is 11.9 Å². The molecule has 0 bridgehead atoms. The lowest BCUT2D eigenvalue weighted by Gasteiger charge is -2.25. The minimum Gasteiger partial charge on any atom is -0.495 e. The lowest BCUT2D eigenvalue weighted by atomic mass is 9.83. The summed E-state index contributed by atoms with van der Waals surface area (Å²) in [5, 5.41) is 8.28. The number of carbonyl (C=O) groups is 1. The van der Waals surface area contributed by atoms with E-state index in [1.807, 2.05) is 32.0 Å². The molecule has 2 fully saturated rings. The zero-order valence-corrected chi connectivity index (χ0v) is 19.5. The molecule has 2 aromatic rings. The van der Waals surface area contributed by atoms with Gasteiger partial charge in [0, 0.05) is 17.5 Å². The average Bonchev–Trinajstić information content (AvgIpc) is 3.51. The molecule has 32 heavy (non-hydrogen) atoms. The minimum atomic E-state index is -0.558. The van der Waals surface area contributed by atoms with E-state index in [0.717, 1.165) is 22.9 Å². The summed E-state index contributed by atoms with van der Waals surface area (Å²) in [6.07, 6.45) is 7.33. The Morgan fingerprint density at radius 3 is 2.72 bits per heavy atom. The summed E-state index contributed by atoms with van der Waals surface area (Å²) in [7, 11) is 1.62. The number of esters is 1. The van der Waals surface area contributed by atoms with Crippen molar-refractivity contribution in [3.8, 4) is 22.9 Å². The van der Waals surface area contributed by atoms with Crippen molar-refractivity contribution >= 4 is 5.97 Å². The van der Waals surface area contributed by atoms with Gasteiger partial charge in [0.2, 0.25) is 5.88 Å². The summed E-state index contributed by atoms with van der Waals surface area (Å²) < 4.78 is 16.8. The van der Waals surface area contributed by atoms with Crippen LogP contribution in [0.3, 0.4) is 0 Å². The Labute approximate surface area is 189 Å². The van der Waals surface area contributed by atoms with Crippen molar-refractivity contribution in [3.05, 3.63) is 30.1 Å². The van der Waals surface area contributed by atoms with E-state index < -0.39 is 5.41 Å². The van der Waals surface area contributed by atoms with Crippen LogP contribution < -0.4 is 9.47 Å². The second-order valence-electron chi connectivity index (χ2n) is 9.40. The Bertz CT molecular complexity index is 958. The summed E-state index contributed by atoms with van der Waals surface area (Å²) in [5.74, 6) is 2.38. The molecule has 0 aliphatic heterocycles. The molecule has 4 rings (SSSR count). The topological polar surface area (TPSA) is 83.4 Å². The number of hydrogen-bond donors (Lipinski definition) is 0. The molecule has 0 amide bonds. The van der Waals surface area contributed by atoms with E-state index in [1.165, 1.54) is 25.7 Å². The highest BCUT2D eigenvalue weighted by Gasteiger charge is 2.59. The number of methoxy groups -OCH3 is 1. The molecule has 2 saturated carbocycles. The Hall–Kier alpha value is -2.70. The molecule has 0 N–H and O–H groups in total. The van der Waals surface area contributed by atoms with Gasteiger partial charge in [0.25, 0.3) is 0 Å². The van der Waals surface area contributed by atoms with Gasteiger partial charge >= 0.3 is 5.97 Å². The van der Waals surface area contributed by atoms with Crippen LogP contribution in [-0.4, -0.2) is 41.5 Å². The quantitative estimate of drug-likeness (QED) is 0.546. The Kier molecular flexibility index (Phi) is 6.63. The van der Waals surface area contributed by atoms with Gasteiger partial charge in [-0.25, -0.2) is 4.98 Å². The molecule has 0 spiro atoms. The zero-order valence-electron chi connectivity index (χ0n) is 19.5. The summed E-state index contributed by atoms with van der Waals surface area (Å²) in [6.45, 7) is 7.11. The molecule has 7 heteroatoms. The second kappa shape index (κ2) is 9.43. The second-order valence-corrected chi connectivity index (χ2v) is 9.40. The maximum absolute atomic E-state index is 12.4. The normalized spacial score (nSPS) is 26.9. The van der Waals surface area contributed by atoms with E-state index in [2.05, 4.69) is 17.1 Å². The molecular weight excluding hydrogens is 406 g/mol. The molecule has 2 aliphatic carbocycles. The van der Waals surface area contributed by atoms with Crippen LogP contribution >= 0.6 is 0 Å². The predicted molar refractivity (Wildman–Crippen MR) is 121 cm³/mol. The Morgan fingerprint density at radius 1 is 1.22 bits per heavy atom. The van der Waals surface area contributed by atoms with Gasteiger partial charge in [0.05, 0.1) is 43.3 Å². The van der Waals surface area contributed by atoms with Crippen LogP contribution in [0.2, 0.25) is 0 Å². The largest absolute Gasteiger partial charge is 0.495 e. The van der Waals surface area contributed by atoms with Crippen LogP contribution in [0.5, 0.6) is 11.6 Å². The number of rotatable bonds is 8. The summed E-state index contributed by atoms with van der Waals surface area (Å²) in [6, 6.07) is 5.68. The van der Waals surface area contributed by atoms with Crippen molar-refractivity contribution in [1.29, 1.82) is 0 Å². The van der Waals surface area contributed by atoms with Gasteiger partial charge in [0.1, 0.15) is 5.75 Å². The zero-order chi connectivity index (χ0) is 22.7. The molecule has 0 radical (unpaired) electrons. The monoisotopic (exact) mass is 439 g/mol. The molecule has 172 valence electrons. The standard InChI is InChI=1S/C25H33N3O4/c1-5-31-24(29)25(3)13-19(25)23-21(30-4)11-10-20(27-23)18-12-22(28-26-14-18)32-15-17-8-6-16(2)7-9-17/h10-12,14,16-17,19H,5-9,13,15H2,1-4H3/t16-,17-,19?,25?. The SMILES string of the molecule is CCOC(=O)C1(C)CC1c1nc(-c2cnnc(OC[C@H]3CC[C@H](C)CC3)c2)ccc1OC. The number of hydrogen-bond acceptors (Lipinski definition) is 7. The number of aromatic nitrogens is 3. The molecule has 0 saturated heterocycles. The third-order valence-electron chi connectivity index (χ3n) is 6.94. The van der Waals surface area contributed by atoms with Crippen LogP contribution in [-0.2, 0) is 9.53 Å². The van der Waals surface area contributed by atoms with Gasteiger partial charge in [-0.3, -0.25) is 4.79 Å². The molecule has 2 unspecified atom stereocenters. The van der Waals surface area contributed by atoms with Crippen molar-refractivity contribution in [2.24, 2.45) is 17.3 Å². The molecule has 2 atom stereocenters. The van der Waals surface area contributed by atoms with E-state index >= 15 is 0 Å². The lowest BCUT2D eigenvalue weighted by Crippen LogP contribution is -2.19. The van der Waals surface area contributed by atoms with Crippen LogP contribution in [0.4, 0.5) is 0 Å². The average molecular weight is 440 g/mol. The highest BCUT2D eigenvalue weighted by atomic mass is 16.5. The fourth-order valence-corrected chi connectivity index (χ4v) is 4.59. The highest BCUT2D eigenvalue weighted by Crippen LogP contribution is 2.61. The number of pyridine rings is 1. The maximum atomic E-state index is 12.4. The molecule has 2 aliphatic rings. The van der Waals surface area contributed by atoms with Crippen LogP contribution in [0, 0.1) is 17.3 Å². The van der Waals surface area contributed by atoms with Gasteiger partial charge in [-0.1, -0.05) is 19.8 Å². The van der Waals surface area contributed by atoms with Gasteiger partial charge in [0.15, 0.2) is 0 Å². The molecule has 0 aromatic carbocycles. The van der Waals surface area contributed by atoms with E-state index in [1.54, 1.807) is 13.3 Å². The van der Waals surface area contributed by atoms with Crippen molar-refractivity contribution in [2.75, 3.05) is 20.3 Å². The summed E-state index contributed by atoms with van der Waals surface area (Å²) >= 11 is 0. The van der Waals surface area contributed by atoms with Gasteiger partial charge in [-0.15, -0.1) is 5.10 Å². The van der Waals surface area contributed by atoms with E-state index in [9.17, 15) is 4.79 Å². The molecular formula is C25H33N3O4. The first kappa shape index (κ1) is 22.5. The van der Waals surface area contributed by atoms with E-state index in [0.29, 0.717) is 37.2 Å². The number of ether oxygens (including phenoxy) is 3. The first-order valence-electron chi connectivity index (χ1n) is 11.6. The van der Waals surface area contributed by atoms with Crippen LogP contribution in [0.25, 0.3) is 11.3 Å². The van der Waals surface area contributed by atoms with E-state index in [4.69, 9.17) is 19.2 Å². The molecule has 2 aromatic heterocycles. The summed E-state index contributed by atoms with van der Waals surface area (Å²) in [4.78, 5) is 17.3. The van der Waals surface area contributed by atoms with Crippen molar-refractivity contribution in [2.45, 2.75) is 58.8 Å². The first-order valence-corrected chi connectivity index (χ1v) is 11.6. The lowest BCUT2D eigenvalue weighted by molar-refractivity contribution is -0.149. The molecule has 2 heterocycles. The first-order chi connectivity index (χ1) is 15.4. The number of nitrogens with zero attached hydrogens (tertiary/aromatic N) is 3. The van der Waals surface area contributed by atoms with Gasteiger partial charge < -0.3 is 14.2 Å². The van der Waals surface area contributed by atoms with Crippen LogP contribution in [0.15, 0.2) is 24.4 Å². The Balaban J connectivity index is 1.50. The van der Waals surface area contributed by atoms with Crippen molar-refractivity contribution < 1.29 is 19.0 Å². The third kappa shape index (κ3) is 4.71. The van der Waals surface area contributed by atoms with Gasteiger partial charge in [-0.2, -0.15) is 5.10 Å². The Morgan fingerprint density at radius 2 is 2.00 bits per heavy atom. The van der Waals surface area contributed by atoms with Crippen molar-refractivity contribution in [1.82, 2.24) is 15.2 Å². The van der Waals surface area contributed by atoms with Crippen LogP contribution in [0.1, 0.15) is 64.5 Å². The highest BCUT2D eigenvalue weighted by molar-refractivity contribution is 5.82. The van der Waals surface area contributed by atoms with Gasteiger partial charge in [-0.05, 0) is 57.1 Å². The molecule has 7 nitrogen and oxygen atoms in total. The maximum Gasteiger partial charge on any atom is 0.312 e. The predicted octanol–water partition coefficient (Wildman–Crippen LogP) is 4.81. The fourth-order valence-electron chi connectivity index (χ4n) is 4.59. The smallest absolute Gasteiger partial charge is 0.312 e. The summed E-state index contributed by atoms with van der Waals surface area (Å²) in [5.41, 5.74) is 1.80. The fraction of sp³-hybridized carbons (Fsp3) is 0.600. The third-order valence-corrected chi connectivity index (χ3v) is 6.94. The number of carbonyl (C=O) groups excluding carboxylic acids is 1. The minimum absolute atomic E-state index is 0.0318.